The first-order valence-electron chi connectivity index (χ1n) is 10.3. The van der Waals surface area contributed by atoms with Crippen molar-refractivity contribution in [2.45, 2.75) is 16.2 Å². The molecule has 0 unspecified atom stereocenters. The Hall–Kier alpha value is -2.62. The summed E-state index contributed by atoms with van der Waals surface area (Å²) in [5.41, 5.74) is 3.30. The van der Waals surface area contributed by atoms with Crippen molar-refractivity contribution >= 4 is 95.3 Å². The van der Waals surface area contributed by atoms with E-state index in [1.54, 1.807) is 4.83 Å². The maximum absolute atomic E-state index is 12.9. The molecule has 1 saturated heterocycles. The Morgan fingerprint density at radius 3 is 2.18 bits per heavy atom. The second-order valence-corrected chi connectivity index (χ2v) is 12.7. The van der Waals surface area contributed by atoms with Crippen LogP contribution in [0.15, 0.2) is 69.4 Å². The molecule has 1 aliphatic rings. The third kappa shape index (κ3) is 6.00. The van der Waals surface area contributed by atoms with Gasteiger partial charge < -0.3 is 0 Å². The summed E-state index contributed by atoms with van der Waals surface area (Å²) in [4.78, 5) is 17.9. The minimum Gasteiger partial charge on any atom is -0.280 e. The SMILES string of the molecule is NNS(=O)(=O)c1cccc(S(=O)(=O)Nc2ccc(Cl)c(N=C3CC(=O)N(c4cc(Cl)c(Cl)cc4Cl)N3)c2)c1. The molecule has 17 heteroatoms. The molecule has 0 saturated carbocycles. The monoisotopic (exact) mass is 636 g/mol. The van der Waals surface area contributed by atoms with Gasteiger partial charge in [-0.25, -0.2) is 26.8 Å². The number of amidine groups is 1. The fraction of sp³-hybridized carbons (Fsp3) is 0.0476. The standard InChI is InChI=1S/C21H16Cl4N6O5S2/c22-14-5-4-11(29-37(33,34)12-2-1-3-13(7-12)38(35,36)30-26)6-18(14)27-20-10-21(32)31(28-20)19-9-16(24)15(23)8-17(19)25/h1-9,29-30H,10,26H2,(H,27,28). The second-order valence-electron chi connectivity index (χ2n) is 7.66. The number of nitrogens with zero attached hydrogens (tertiary/aromatic N) is 2. The average molecular weight is 638 g/mol. The molecule has 11 nitrogen and oxygen atoms in total. The molecule has 38 heavy (non-hydrogen) atoms. The largest absolute Gasteiger partial charge is 0.280 e. The highest BCUT2D eigenvalue weighted by Gasteiger charge is 2.29. The summed E-state index contributed by atoms with van der Waals surface area (Å²) >= 11 is 24.5. The van der Waals surface area contributed by atoms with Crippen LogP contribution >= 0.6 is 46.4 Å². The van der Waals surface area contributed by atoms with Crippen molar-refractivity contribution in [3.63, 3.8) is 0 Å². The number of rotatable bonds is 7. The zero-order valence-electron chi connectivity index (χ0n) is 18.7. The molecule has 1 heterocycles. The molecular formula is C21H16Cl4N6O5S2. The van der Waals surface area contributed by atoms with Crippen LogP contribution in [-0.4, -0.2) is 28.6 Å². The Balaban J connectivity index is 1.60. The van der Waals surface area contributed by atoms with Crippen LogP contribution in [0.2, 0.25) is 20.1 Å². The molecule has 0 spiro atoms. The maximum atomic E-state index is 12.9. The van der Waals surface area contributed by atoms with Crippen LogP contribution in [0.3, 0.4) is 0 Å². The normalized spacial score (nSPS) is 15.1. The predicted molar refractivity (Wildman–Crippen MR) is 147 cm³/mol. The first-order valence-corrected chi connectivity index (χ1v) is 14.7. The molecule has 5 N–H and O–H groups in total. The highest BCUT2D eigenvalue weighted by atomic mass is 35.5. The number of nitrogens with one attached hydrogen (secondary N) is 3. The molecule has 0 atom stereocenters. The van der Waals surface area contributed by atoms with Gasteiger partial charge in [0.15, 0.2) is 0 Å². The van der Waals surface area contributed by atoms with Gasteiger partial charge in [0.05, 0.1) is 53.4 Å². The van der Waals surface area contributed by atoms with E-state index in [2.05, 4.69) is 15.1 Å². The summed E-state index contributed by atoms with van der Waals surface area (Å²) in [6.07, 6.45) is -0.140. The minimum atomic E-state index is -4.22. The van der Waals surface area contributed by atoms with Gasteiger partial charge in [0, 0.05) is 0 Å². The van der Waals surface area contributed by atoms with E-state index >= 15 is 0 Å². The van der Waals surface area contributed by atoms with Crippen molar-refractivity contribution in [3.8, 4) is 0 Å². The van der Waals surface area contributed by atoms with Crippen LogP contribution in [0.5, 0.6) is 0 Å². The van der Waals surface area contributed by atoms with Gasteiger partial charge in [0.1, 0.15) is 5.84 Å². The van der Waals surface area contributed by atoms with Gasteiger partial charge in [-0.1, -0.05) is 52.5 Å². The number of hydrogen-bond acceptors (Lipinski definition) is 7. The minimum absolute atomic E-state index is 0.0765. The van der Waals surface area contributed by atoms with Crippen LogP contribution in [0.1, 0.15) is 6.42 Å². The highest BCUT2D eigenvalue weighted by Crippen LogP contribution is 2.36. The van der Waals surface area contributed by atoms with E-state index in [1.165, 1.54) is 48.5 Å². The van der Waals surface area contributed by atoms with Crippen molar-refractivity contribution in [3.05, 3.63) is 74.7 Å². The lowest BCUT2D eigenvalue weighted by Crippen LogP contribution is -2.36. The van der Waals surface area contributed by atoms with E-state index in [9.17, 15) is 21.6 Å². The van der Waals surface area contributed by atoms with Crippen LogP contribution in [0.25, 0.3) is 0 Å². The van der Waals surface area contributed by atoms with Gasteiger partial charge in [0.25, 0.3) is 26.0 Å². The molecule has 0 bridgehead atoms. The van der Waals surface area contributed by atoms with Gasteiger partial charge in [-0.3, -0.25) is 20.8 Å². The van der Waals surface area contributed by atoms with Crippen LogP contribution in [0, 0.1) is 0 Å². The molecule has 0 radical (unpaired) electrons. The number of sulfonamides is 2. The van der Waals surface area contributed by atoms with Crippen LogP contribution < -0.4 is 25.8 Å². The summed E-state index contributed by atoms with van der Waals surface area (Å²) in [5, 5.41) is 1.91. The lowest BCUT2D eigenvalue weighted by molar-refractivity contribution is -0.116. The van der Waals surface area contributed by atoms with Crippen molar-refractivity contribution in [1.29, 1.82) is 0 Å². The number of nitrogens with two attached hydrogens (primary N) is 1. The lowest BCUT2D eigenvalue weighted by Gasteiger charge is -2.18. The molecule has 3 aromatic rings. The molecule has 1 amide bonds. The molecule has 3 aromatic carbocycles. The summed E-state index contributed by atoms with van der Waals surface area (Å²) in [6.45, 7) is 0. The van der Waals surface area contributed by atoms with Crippen LogP contribution in [0.4, 0.5) is 17.1 Å². The van der Waals surface area contributed by atoms with E-state index in [0.29, 0.717) is 0 Å². The molecule has 1 fully saturated rings. The number of carbonyl (C=O) groups is 1. The zero-order chi connectivity index (χ0) is 27.8. The first kappa shape index (κ1) is 28.4. The molecular weight excluding hydrogens is 622 g/mol. The number of hydrogen-bond donors (Lipinski definition) is 4. The molecule has 4 rings (SSSR count). The Morgan fingerprint density at radius 2 is 1.50 bits per heavy atom. The smallest absolute Gasteiger partial charge is 0.261 e. The van der Waals surface area contributed by atoms with Crippen molar-refractivity contribution in [2.24, 2.45) is 10.8 Å². The Bertz CT molecular complexity index is 1700. The Labute approximate surface area is 237 Å². The van der Waals surface area contributed by atoms with Crippen molar-refractivity contribution in [1.82, 2.24) is 10.3 Å². The molecule has 1 aliphatic heterocycles. The summed E-state index contributed by atoms with van der Waals surface area (Å²) in [6, 6.07) is 11.6. The van der Waals surface area contributed by atoms with E-state index in [0.717, 1.165) is 11.1 Å². The number of benzene rings is 3. The molecule has 0 aliphatic carbocycles. The van der Waals surface area contributed by atoms with Crippen molar-refractivity contribution in [2.75, 3.05) is 9.73 Å². The highest BCUT2D eigenvalue weighted by molar-refractivity contribution is 7.93. The predicted octanol–water partition coefficient (Wildman–Crippen LogP) is 4.22. The lowest BCUT2D eigenvalue weighted by atomic mass is 10.3. The van der Waals surface area contributed by atoms with E-state index in [-0.39, 0.29) is 65.1 Å². The number of amides is 1. The van der Waals surface area contributed by atoms with E-state index in [4.69, 9.17) is 52.2 Å². The number of hydrazine groups is 2. The van der Waals surface area contributed by atoms with Crippen LogP contribution in [-0.2, 0) is 24.8 Å². The van der Waals surface area contributed by atoms with Crippen molar-refractivity contribution < 1.29 is 21.6 Å². The van der Waals surface area contributed by atoms with Gasteiger partial charge >= 0.3 is 0 Å². The topological polar surface area (TPSA) is 163 Å². The fourth-order valence-corrected chi connectivity index (χ4v) is 5.92. The number of halogens is 4. The zero-order valence-corrected chi connectivity index (χ0v) is 23.4. The number of aliphatic imine (C=N–C) groups is 1. The number of anilines is 2. The fourth-order valence-electron chi connectivity index (χ4n) is 3.29. The third-order valence-electron chi connectivity index (χ3n) is 5.07. The quantitative estimate of drug-likeness (QED) is 0.171. The number of carbonyl (C=O) groups excluding carboxylic acids is 1. The molecule has 200 valence electrons. The second kappa shape index (κ2) is 10.9. The third-order valence-corrected chi connectivity index (χ3v) is 8.98. The Morgan fingerprint density at radius 1 is 0.842 bits per heavy atom. The van der Waals surface area contributed by atoms with Gasteiger partial charge in [-0.15, -0.1) is 0 Å². The summed E-state index contributed by atoms with van der Waals surface area (Å²) in [7, 11) is -8.29. The van der Waals surface area contributed by atoms with E-state index < -0.39 is 20.0 Å². The molecule has 0 aromatic heterocycles. The maximum Gasteiger partial charge on any atom is 0.261 e. The summed E-state index contributed by atoms with van der Waals surface area (Å²) < 4.78 is 52.0. The summed E-state index contributed by atoms with van der Waals surface area (Å²) in [5.74, 6) is 4.82. The first-order chi connectivity index (χ1) is 17.8. The van der Waals surface area contributed by atoms with E-state index in [1.807, 2.05) is 0 Å². The van der Waals surface area contributed by atoms with Gasteiger partial charge in [0.2, 0.25) is 0 Å². The van der Waals surface area contributed by atoms with Gasteiger partial charge in [-0.2, -0.15) is 4.83 Å². The Kier molecular flexibility index (Phi) is 8.12. The van der Waals surface area contributed by atoms with Gasteiger partial charge in [-0.05, 0) is 48.5 Å². The average Bonchev–Trinajstić information content (AvgIpc) is 3.23.